The van der Waals surface area contributed by atoms with Crippen LogP contribution in [-0.4, -0.2) is 6.16 Å². The van der Waals surface area contributed by atoms with Crippen molar-refractivity contribution >= 4 is 47.1 Å². The van der Waals surface area contributed by atoms with E-state index in [0.29, 0.717) is 7.78 Å². The highest BCUT2D eigenvalue weighted by Gasteiger charge is 2.11. The molecule has 0 nitrogen and oxygen atoms in total. The summed E-state index contributed by atoms with van der Waals surface area (Å²) >= 11 is 0. The molecule has 9 heavy (non-hydrogen) atoms. The van der Waals surface area contributed by atoms with E-state index in [4.69, 9.17) is 32.0 Å². The first-order chi connectivity index (χ1) is 4.06. The zero-order valence-corrected chi connectivity index (χ0v) is 9.25. The van der Waals surface area contributed by atoms with Crippen molar-refractivity contribution in [3.63, 3.8) is 0 Å². The highest BCUT2D eigenvalue weighted by atomic mass is 36.2. The molecule has 0 aromatic rings. The molecule has 0 saturated heterocycles. The van der Waals surface area contributed by atoms with Crippen LogP contribution in [0.1, 0.15) is 19.8 Å². The maximum absolute atomic E-state index is 5.60. The molecule has 0 rings (SSSR count). The van der Waals surface area contributed by atoms with Crippen LogP contribution in [0.4, 0.5) is 0 Å². The molecule has 0 aliphatic heterocycles. The van der Waals surface area contributed by atoms with Gasteiger partial charge in [0.05, 0.1) is 0 Å². The number of hydrogen-bond acceptors (Lipinski definition) is 0. The molecule has 0 N–H and O–H groups in total. The quantitative estimate of drug-likeness (QED) is 0.485. The molecule has 0 amide bonds. The Morgan fingerprint density at radius 3 is 2.22 bits per heavy atom. The Labute approximate surface area is 73.0 Å². The van der Waals surface area contributed by atoms with Gasteiger partial charge in [0.15, 0.2) is 0 Å². The van der Waals surface area contributed by atoms with Gasteiger partial charge >= 0.3 is 0 Å². The molecule has 1 atom stereocenters. The molecule has 0 heterocycles. The van der Waals surface area contributed by atoms with Gasteiger partial charge in [-0.2, -0.15) is 0 Å². The van der Waals surface area contributed by atoms with Crippen LogP contribution in [0.2, 0.25) is 0 Å². The number of unbranched alkanes of at least 4 members (excludes halogenated alkanes) is 1. The van der Waals surface area contributed by atoms with E-state index in [0.717, 1.165) is 6.16 Å². The third-order valence-electron chi connectivity index (χ3n) is 0.796. The van der Waals surface area contributed by atoms with Crippen LogP contribution in [0.3, 0.4) is 0 Å². The van der Waals surface area contributed by atoms with Crippen LogP contribution in [0, 0.1) is 0 Å². The molecule has 0 radical (unpaired) electrons. The van der Waals surface area contributed by atoms with Gasteiger partial charge in [0.1, 0.15) is 0 Å². The lowest BCUT2D eigenvalue weighted by molar-refractivity contribution is 0.896. The van der Waals surface area contributed by atoms with Crippen LogP contribution in [0.15, 0.2) is 0 Å². The molecule has 58 valence electrons. The fourth-order valence-corrected chi connectivity index (χ4v) is 4.30. The normalized spacial score (nSPS) is 15.1. The smallest absolute Gasteiger partial charge is 0.0115 e. The van der Waals surface area contributed by atoms with E-state index in [1.807, 2.05) is 0 Å². The van der Waals surface area contributed by atoms with Gasteiger partial charge in [-0.1, -0.05) is 13.3 Å². The molecular weight excluding hydrogens is 217 g/mol. The predicted octanol–water partition coefficient (Wildman–Crippen LogP) is 4.65. The fourth-order valence-electron chi connectivity index (χ4n) is 0.365. The minimum absolute atomic E-state index is 0.528. The fraction of sp³-hybridized carbons (Fsp3) is 1.00. The summed E-state index contributed by atoms with van der Waals surface area (Å²) < 4.78 is 0. The van der Waals surface area contributed by atoms with Gasteiger partial charge in [0, 0.05) is 7.29 Å². The summed E-state index contributed by atoms with van der Waals surface area (Å²) in [7, 11) is 15.6. The maximum Gasteiger partial charge on any atom is 0.0115 e. The first-order valence-corrected chi connectivity index (χ1v) is 8.77. The second-order valence-corrected chi connectivity index (χ2v) is 13.9. The lowest BCUT2D eigenvalue weighted by atomic mass is 10.4. The lowest BCUT2D eigenvalue weighted by Crippen LogP contribution is -1.71. The SMILES string of the molecule is CCCCPS(Cl)(Cl)Cl. The van der Waals surface area contributed by atoms with Gasteiger partial charge in [-0.15, -0.1) is 0 Å². The molecule has 0 aromatic carbocycles. The molecule has 0 spiro atoms. The summed E-state index contributed by atoms with van der Waals surface area (Å²) in [5.74, 6) is 0. The second-order valence-electron chi connectivity index (χ2n) is 1.65. The first kappa shape index (κ1) is 10.7. The van der Waals surface area contributed by atoms with Gasteiger partial charge in [0.25, 0.3) is 0 Å². The van der Waals surface area contributed by atoms with Gasteiger partial charge in [-0.05, 0) is 52.4 Å². The van der Waals surface area contributed by atoms with E-state index in [1.54, 1.807) is 0 Å². The number of hydrogen-bond donors (Lipinski definition) is 0. The van der Waals surface area contributed by atoms with Crippen LogP contribution >= 0.6 is 47.1 Å². The Hall–Kier alpha value is 1.65. The monoisotopic (exact) mass is 226 g/mol. The van der Waals surface area contributed by atoms with Crippen molar-refractivity contribution in [3.05, 3.63) is 0 Å². The zero-order chi connectivity index (χ0) is 7.33. The Kier molecular flexibility index (Phi) is 6.30. The lowest BCUT2D eigenvalue weighted by Gasteiger charge is -2.13. The molecule has 0 saturated carbocycles. The molecule has 5 heteroatoms. The summed E-state index contributed by atoms with van der Waals surface area (Å²) in [5, 5.41) is 0. The van der Waals surface area contributed by atoms with Crippen molar-refractivity contribution in [3.8, 4) is 0 Å². The Balaban J connectivity index is 3.07. The van der Waals surface area contributed by atoms with Crippen LogP contribution < -0.4 is 0 Å². The van der Waals surface area contributed by atoms with E-state index >= 15 is 0 Å². The number of rotatable bonds is 4. The first-order valence-electron chi connectivity index (χ1n) is 2.73. The van der Waals surface area contributed by atoms with Crippen molar-refractivity contribution in [1.29, 1.82) is 0 Å². The summed E-state index contributed by atoms with van der Waals surface area (Å²) in [6, 6.07) is 0. The molecule has 0 aliphatic carbocycles. The largest absolute Gasteiger partial charge is 0.0654 e. The maximum atomic E-state index is 5.60. The van der Waals surface area contributed by atoms with Gasteiger partial charge in [-0.3, -0.25) is 0 Å². The average molecular weight is 228 g/mol. The zero-order valence-electron chi connectivity index (χ0n) is 5.16. The third kappa shape index (κ3) is 9.65. The topological polar surface area (TPSA) is 0 Å². The average Bonchev–Trinajstić information content (AvgIpc) is 1.63. The van der Waals surface area contributed by atoms with Gasteiger partial charge in [-0.25, -0.2) is 0 Å². The van der Waals surface area contributed by atoms with Crippen molar-refractivity contribution in [1.82, 2.24) is 0 Å². The minimum atomic E-state index is -1.75. The van der Waals surface area contributed by atoms with E-state index < -0.39 is 7.29 Å². The second kappa shape index (κ2) is 5.32. The van der Waals surface area contributed by atoms with Crippen molar-refractivity contribution in [2.45, 2.75) is 19.8 Å². The Morgan fingerprint density at radius 1 is 1.33 bits per heavy atom. The van der Waals surface area contributed by atoms with Crippen molar-refractivity contribution in [2.24, 2.45) is 0 Å². The van der Waals surface area contributed by atoms with Crippen molar-refractivity contribution < 1.29 is 0 Å². The molecule has 0 aliphatic rings. The van der Waals surface area contributed by atoms with E-state index in [2.05, 4.69) is 6.92 Å². The Morgan fingerprint density at radius 2 is 1.89 bits per heavy atom. The standard InChI is InChI=1S/C4H10Cl3PS/c1-2-3-4-8-9(5,6)7/h8H,2-4H2,1H3. The van der Waals surface area contributed by atoms with Crippen LogP contribution in [0.5, 0.6) is 0 Å². The summed E-state index contributed by atoms with van der Waals surface area (Å²) in [5.41, 5.74) is 0. The minimum Gasteiger partial charge on any atom is -0.0654 e. The highest BCUT2D eigenvalue weighted by Crippen LogP contribution is 2.76. The molecule has 1 unspecified atom stereocenters. The molecule has 0 fully saturated rings. The van der Waals surface area contributed by atoms with E-state index in [1.165, 1.54) is 12.8 Å². The van der Waals surface area contributed by atoms with Gasteiger partial charge < -0.3 is 0 Å². The van der Waals surface area contributed by atoms with Crippen LogP contribution in [-0.2, 0) is 0 Å². The summed E-state index contributed by atoms with van der Waals surface area (Å²) in [4.78, 5) is 0. The Bertz CT molecular complexity index is 72.7. The highest BCUT2D eigenvalue weighted by molar-refractivity contribution is 9.04. The molecule has 0 bridgehead atoms. The van der Waals surface area contributed by atoms with E-state index in [9.17, 15) is 0 Å². The molecule has 0 aromatic heterocycles. The summed E-state index contributed by atoms with van der Waals surface area (Å²) in [6.45, 7) is 2.14. The van der Waals surface area contributed by atoms with Gasteiger partial charge in [0.2, 0.25) is 0 Å². The third-order valence-corrected chi connectivity index (χ3v) is 6.22. The summed E-state index contributed by atoms with van der Waals surface area (Å²) in [6.07, 6.45) is 3.44. The predicted molar refractivity (Wildman–Crippen MR) is 53.2 cm³/mol. The van der Waals surface area contributed by atoms with E-state index in [-0.39, 0.29) is 0 Å². The molecular formula is C4H10Cl3PS. The van der Waals surface area contributed by atoms with Crippen molar-refractivity contribution in [2.75, 3.05) is 6.16 Å². The number of halogens is 3. The van der Waals surface area contributed by atoms with Crippen LogP contribution in [0.25, 0.3) is 0 Å².